The molecule has 3 heterocycles. The van der Waals surface area contributed by atoms with Gasteiger partial charge in [0.15, 0.2) is 17.1 Å². The Morgan fingerprint density at radius 1 is 1.18 bits per heavy atom. The molecule has 0 fully saturated rings. The zero-order chi connectivity index (χ0) is 15.3. The van der Waals surface area contributed by atoms with Crippen molar-refractivity contribution in [3.8, 4) is 11.4 Å². The summed E-state index contributed by atoms with van der Waals surface area (Å²) in [6.45, 7) is 0. The summed E-state index contributed by atoms with van der Waals surface area (Å²) in [5.74, 6) is 0.480. The second-order valence-corrected chi connectivity index (χ2v) is 4.79. The lowest BCUT2D eigenvalue weighted by Gasteiger charge is -1.94. The highest BCUT2D eigenvalue weighted by atomic mass is 16.6. The lowest BCUT2D eigenvalue weighted by Crippen LogP contribution is -1.90. The number of hydrogen-bond donors (Lipinski definition) is 0. The fraction of sp³-hybridized carbons (Fsp3) is 0.0769. The molecule has 4 aromatic rings. The average molecular weight is 295 g/mol. The molecule has 0 aliphatic heterocycles. The molecule has 0 bridgehead atoms. The van der Waals surface area contributed by atoms with Crippen molar-refractivity contribution in [1.29, 1.82) is 0 Å². The van der Waals surface area contributed by atoms with E-state index in [9.17, 15) is 10.1 Å². The Kier molecular flexibility index (Phi) is 2.43. The van der Waals surface area contributed by atoms with Crippen molar-refractivity contribution >= 4 is 22.4 Å². The molecule has 108 valence electrons. The van der Waals surface area contributed by atoms with Crippen LogP contribution in [-0.4, -0.2) is 34.3 Å². The fourth-order valence-electron chi connectivity index (χ4n) is 2.28. The van der Waals surface area contributed by atoms with Crippen LogP contribution in [0.15, 0.2) is 36.8 Å². The van der Waals surface area contributed by atoms with E-state index in [-0.39, 0.29) is 5.69 Å². The van der Waals surface area contributed by atoms with Gasteiger partial charge in [-0.1, -0.05) is 0 Å². The molecule has 9 nitrogen and oxygen atoms in total. The summed E-state index contributed by atoms with van der Waals surface area (Å²) >= 11 is 0. The van der Waals surface area contributed by atoms with Crippen molar-refractivity contribution in [1.82, 2.24) is 29.4 Å². The number of non-ortho nitro benzene ring substituents is 1. The van der Waals surface area contributed by atoms with E-state index >= 15 is 0 Å². The van der Waals surface area contributed by atoms with Gasteiger partial charge in [-0.2, -0.15) is 5.10 Å². The van der Waals surface area contributed by atoms with Gasteiger partial charge in [0.1, 0.15) is 6.33 Å². The molecular formula is C13H9N7O2. The minimum absolute atomic E-state index is 0.0313. The van der Waals surface area contributed by atoms with Crippen molar-refractivity contribution in [3.63, 3.8) is 0 Å². The van der Waals surface area contributed by atoms with E-state index in [1.54, 1.807) is 27.7 Å². The second-order valence-electron chi connectivity index (χ2n) is 4.79. The SMILES string of the molecule is Cn1cc2c(ncn3nc(-c4ccc([N+](=O)[O-])cc4)nc23)n1. The maximum absolute atomic E-state index is 10.7. The number of aryl methyl sites for hydroxylation is 1. The first-order valence-electron chi connectivity index (χ1n) is 6.41. The van der Waals surface area contributed by atoms with E-state index in [4.69, 9.17) is 0 Å². The molecule has 0 N–H and O–H groups in total. The molecule has 0 unspecified atom stereocenters. The molecule has 22 heavy (non-hydrogen) atoms. The van der Waals surface area contributed by atoms with Crippen LogP contribution in [0.2, 0.25) is 0 Å². The van der Waals surface area contributed by atoms with Gasteiger partial charge in [0, 0.05) is 30.9 Å². The predicted octanol–water partition coefficient (Wildman–Crippen LogP) is 1.59. The first-order chi connectivity index (χ1) is 10.6. The Morgan fingerprint density at radius 3 is 2.68 bits per heavy atom. The monoisotopic (exact) mass is 295 g/mol. The van der Waals surface area contributed by atoms with E-state index in [1.165, 1.54) is 12.1 Å². The normalized spacial score (nSPS) is 11.3. The van der Waals surface area contributed by atoms with Crippen LogP contribution in [-0.2, 0) is 7.05 Å². The third-order valence-corrected chi connectivity index (χ3v) is 3.31. The van der Waals surface area contributed by atoms with Crippen LogP contribution in [0.25, 0.3) is 28.1 Å². The molecular weight excluding hydrogens is 286 g/mol. The number of nitro groups is 1. The fourth-order valence-corrected chi connectivity index (χ4v) is 2.28. The van der Waals surface area contributed by atoms with Crippen molar-refractivity contribution in [3.05, 3.63) is 46.9 Å². The summed E-state index contributed by atoms with van der Waals surface area (Å²) < 4.78 is 3.23. The van der Waals surface area contributed by atoms with E-state index in [1.807, 2.05) is 13.2 Å². The van der Waals surface area contributed by atoms with Crippen LogP contribution in [0.4, 0.5) is 5.69 Å². The van der Waals surface area contributed by atoms with Crippen molar-refractivity contribution in [2.45, 2.75) is 0 Å². The number of fused-ring (bicyclic) bond motifs is 3. The van der Waals surface area contributed by atoms with E-state index in [0.717, 1.165) is 5.39 Å². The number of benzene rings is 1. The maximum atomic E-state index is 10.7. The van der Waals surface area contributed by atoms with Gasteiger partial charge in [0.2, 0.25) is 0 Å². The summed E-state index contributed by atoms with van der Waals surface area (Å²) in [4.78, 5) is 19.0. The van der Waals surface area contributed by atoms with Gasteiger partial charge >= 0.3 is 0 Å². The second kappa shape index (κ2) is 4.32. The molecule has 9 heteroatoms. The molecule has 0 aliphatic rings. The predicted molar refractivity (Wildman–Crippen MR) is 77.1 cm³/mol. The summed E-state index contributed by atoms with van der Waals surface area (Å²) in [7, 11) is 1.81. The Balaban J connectivity index is 1.88. The number of nitro benzene ring substituents is 1. The van der Waals surface area contributed by atoms with Crippen LogP contribution in [0.3, 0.4) is 0 Å². The van der Waals surface area contributed by atoms with Crippen LogP contribution in [0.1, 0.15) is 0 Å². The standard InChI is InChI=1S/C13H9N7O2/c1-18-6-10-12(16-18)14-7-19-13(10)15-11(17-19)8-2-4-9(5-3-8)20(21)22/h2-7H,1H3. The van der Waals surface area contributed by atoms with Gasteiger partial charge in [0.25, 0.3) is 5.69 Å². The molecule has 0 saturated heterocycles. The average Bonchev–Trinajstić information content (AvgIpc) is 3.09. The van der Waals surface area contributed by atoms with Crippen LogP contribution in [0, 0.1) is 10.1 Å². The smallest absolute Gasteiger partial charge is 0.269 e. The van der Waals surface area contributed by atoms with Crippen LogP contribution >= 0.6 is 0 Å². The molecule has 1 aromatic carbocycles. The Hall–Kier alpha value is -3.36. The number of nitrogens with zero attached hydrogens (tertiary/aromatic N) is 7. The highest BCUT2D eigenvalue weighted by Crippen LogP contribution is 2.22. The van der Waals surface area contributed by atoms with Gasteiger partial charge in [-0.25, -0.2) is 14.5 Å². The van der Waals surface area contributed by atoms with E-state index in [2.05, 4.69) is 20.2 Å². The van der Waals surface area contributed by atoms with E-state index < -0.39 is 4.92 Å². The van der Waals surface area contributed by atoms with E-state index in [0.29, 0.717) is 22.7 Å². The van der Waals surface area contributed by atoms with Gasteiger partial charge < -0.3 is 0 Å². The molecule has 0 amide bonds. The molecule has 3 aromatic heterocycles. The maximum Gasteiger partial charge on any atom is 0.269 e. The first kappa shape index (κ1) is 12.4. The largest absolute Gasteiger partial charge is 0.273 e. The lowest BCUT2D eigenvalue weighted by atomic mass is 10.2. The van der Waals surface area contributed by atoms with Crippen LogP contribution < -0.4 is 0 Å². The Bertz CT molecular complexity index is 1020. The third kappa shape index (κ3) is 1.79. The summed E-state index contributed by atoms with van der Waals surface area (Å²) in [5.41, 5.74) is 1.97. The van der Waals surface area contributed by atoms with Crippen molar-refractivity contribution in [2.75, 3.05) is 0 Å². The highest BCUT2D eigenvalue weighted by Gasteiger charge is 2.13. The minimum atomic E-state index is -0.440. The van der Waals surface area contributed by atoms with Gasteiger partial charge in [-0.05, 0) is 12.1 Å². The van der Waals surface area contributed by atoms with Gasteiger partial charge in [0.05, 0.1) is 10.3 Å². The number of hydrogen-bond acceptors (Lipinski definition) is 6. The molecule has 0 atom stereocenters. The minimum Gasteiger partial charge on any atom is -0.273 e. The highest BCUT2D eigenvalue weighted by molar-refractivity contribution is 5.88. The molecule has 0 radical (unpaired) electrons. The summed E-state index contributed by atoms with van der Waals surface area (Å²) in [6.07, 6.45) is 3.37. The molecule has 0 spiro atoms. The molecule has 4 rings (SSSR count). The number of aromatic nitrogens is 6. The number of rotatable bonds is 2. The topological polar surface area (TPSA) is 104 Å². The van der Waals surface area contributed by atoms with Crippen molar-refractivity contribution < 1.29 is 4.92 Å². The quantitative estimate of drug-likeness (QED) is 0.411. The Morgan fingerprint density at radius 2 is 1.95 bits per heavy atom. The van der Waals surface area contributed by atoms with Crippen LogP contribution in [0.5, 0.6) is 0 Å². The molecule has 0 aliphatic carbocycles. The summed E-state index contributed by atoms with van der Waals surface area (Å²) in [6, 6.07) is 6.11. The Labute approximate surface area is 123 Å². The first-order valence-corrected chi connectivity index (χ1v) is 6.41. The zero-order valence-electron chi connectivity index (χ0n) is 11.4. The van der Waals surface area contributed by atoms with Gasteiger partial charge in [-0.15, -0.1) is 5.10 Å². The summed E-state index contributed by atoms with van der Waals surface area (Å²) in [5, 5.41) is 20.1. The zero-order valence-corrected chi connectivity index (χ0v) is 11.4. The lowest BCUT2D eigenvalue weighted by molar-refractivity contribution is -0.384. The third-order valence-electron chi connectivity index (χ3n) is 3.31. The van der Waals surface area contributed by atoms with Gasteiger partial charge in [-0.3, -0.25) is 14.8 Å². The van der Waals surface area contributed by atoms with Crippen molar-refractivity contribution in [2.24, 2.45) is 7.05 Å². The molecule has 0 saturated carbocycles.